The molecule has 0 saturated heterocycles. The van der Waals surface area contributed by atoms with Crippen LogP contribution < -0.4 is 16.4 Å². The van der Waals surface area contributed by atoms with E-state index in [4.69, 9.17) is 10.8 Å². The summed E-state index contributed by atoms with van der Waals surface area (Å²) in [6.45, 7) is 5.18. The van der Waals surface area contributed by atoms with Gasteiger partial charge in [-0.15, -0.1) is 0 Å². The molecule has 1 amide bonds. The van der Waals surface area contributed by atoms with E-state index in [-0.39, 0.29) is 31.0 Å². The van der Waals surface area contributed by atoms with E-state index in [9.17, 15) is 14.7 Å². The number of hydrogen-bond donors (Lipinski definition) is 6. The highest BCUT2D eigenvalue weighted by atomic mass is 32.1. The van der Waals surface area contributed by atoms with E-state index < -0.39 is 18.1 Å². The molecule has 1 rings (SSSR count). The van der Waals surface area contributed by atoms with Gasteiger partial charge in [0, 0.05) is 44.0 Å². The largest absolute Gasteiger partial charge is 0.480 e. The first-order chi connectivity index (χ1) is 15.2. The van der Waals surface area contributed by atoms with Crippen LogP contribution in [0.4, 0.5) is 0 Å². The third-order valence-corrected chi connectivity index (χ3v) is 6.30. The van der Waals surface area contributed by atoms with E-state index in [1.54, 1.807) is 0 Å². The van der Waals surface area contributed by atoms with Crippen LogP contribution in [0.3, 0.4) is 0 Å². The van der Waals surface area contributed by atoms with Crippen LogP contribution in [0, 0.1) is 5.92 Å². The van der Waals surface area contributed by atoms with Crippen LogP contribution in [0.15, 0.2) is 30.3 Å². The third kappa shape index (κ3) is 9.87. The summed E-state index contributed by atoms with van der Waals surface area (Å²) in [5, 5.41) is 24.7. The molecule has 0 aliphatic carbocycles. The number of aliphatic hydroxyl groups excluding tert-OH is 1. The standard InChI is InChI=1S/C23H40N4O4S/c1-4-16(2)20(25-13-18(24)15-32)14-27(3)21(12-17-8-6-5-7-9-17)22(29)26-19(10-11-28)23(30)31/h5-9,16,18-21,25,28,32H,4,10-15,24H2,1-3H3,(H,26,29)(H,30,31)/t16-,18-,19+,20-,21+/m1/s1. The molecule has 1 aromatic carbocycles. The van der Waals surface area contributed by atoms with Gasteiger partial charge >= 0.3 is 5.97 Å². The lowest BCUT2D eigenvalue weighted by Gasteiger charge is -2.34. The first-order valence-electron chi connectivity index (χ1n) is 11.2. The van der Waals surface area contributed by atoms with Crippen molar-refractivity contribution in [1.82, 2.24) is 15.5 Å². The summed E-state index contributed by atoms with van der Waals surface area (Å²) >= 11 is 4.25. The van der Waals surface area contributed by atoms with Crippen molar-refractivity contribution in [3.63, 3.8) is 0 Å². The molecule has 1 aromatic rings. The number of nitrogens with zero attached hydrogens (tertiary/aromatic N) is 1. The highest BCUT2D eigenvalue weighted by Gasteiger charge is 2.30. The van der Waals surface area contributed by atoms with E-state index in [0.29, 0.717) is 31.2 Å². The van der Waals surface area contributed by atoms with Crippen molar-refractivity contribution >= 4 is 24.5 Å². The molecule has 0 heterocycles. The van der Waals surface area contributed by atoms with Gasteiger partial charge in [-0.1, -0.05) is 50.6 Å². The Labute approximate surface area is 197 Å². The fraction of sp³-hybridized carbons (Fsp3) is 0.652. The lowest BCUT2D eigenvalue weighted by Crippen LogP contribution is -2.55. The number of carbonyl (C=O) groups is 2. The van der Waals surface area contributed by atoms with Crippen LogP contribution in [-0.4, -0.2) is 83.7 Å². The quantitative estimate of drug-likeness (QED) is 0.198. The molecule has 0 fully saturated rings. The zero-order valence-electron chi connectivity index (χ0n) is 19.4. The number of carbonyl (C=O) groups excluding carboxylic acids is 1. The van der Waals surface area contributed by atoms with Crippen molar-refractivity contribution in [2.45, 2.75) is 57.3 Å². The Bertz CT molecular complexity index is 679. The number of hydrogen-bond acceptors (Lipinski definition) is 7. The summed E-state index contributed by atoms with van der Waals surface area (Å²) in [4.78, 5) is 26.6. The van der Waals surface area contributed by atoms with Gasteiger partial charge in [-0.05, 0) is 24.9 Å². The molecule has 0 radical (unpaired) electrons. The first-order valence-corrected chi connectivity index (χ1v) is 11.8. The highest BCUT2D eigenvalue weighted by molar-refractivity contribution is 7.80. The van der Waals surface area contributed by atoms with Gasteiger partial charge in [-0.2, -0.15) is 12.6 Å². The number of likely N-dealkylation sites (N-methyl/N-ethyl adjacent to an activating group) is 1. The van der Waals surface area contributed by atoms with Crippen LogP contribution in [0.2, 0.25) is 0 Å². The highest BCUT2D eigenvalue weighted by Crippen LogP contribution is 2.14. The van der Waals surface area contributed by atoms with Crippen molar-refractivity contribution in [2.24, 2.45) is 11.7 Å². The van der Waals surface area contributed by atoms with Gasteiger partial charge in [-0.25, -0.2) is 4.79 Å². The van der Waals surface area contributed by atoms with Gasteiger partial charge in [0.25, 0.3) is 0 Å². The van der Waals surface area contributed by atoms with Gasteiger partial charge in [-0.3, -0.25) is 9.69 Å². The second kappa shape index (κ2) is 15.2. The smallest absolute Gasteiger partial charge is 0.326 e. The summed E-state index contributed by atoms with van der Waals surface area (Å²) in [5.41, 5.74) is 7.01. The summed E-state index contributed by atoms with van der Waals surface area (Å²) in [6, 6.07) is 8.00. The van der Waals surface area contributed by atoms with Crippen molar-refractivity contribution in [1.29, 1.82) is 0 Å². The second-order valence-corrected chi connectivity index (χ2v) is 8.76. The molecule has 9 heteroatoms. The molecule has 32 heavy (non-hydrogen) atoms. The molecule has 8 nitrogen and oxygen atoms in total. The van der Waals surface area contributed by atoms with Gasteiger partial charge in [0.1, 0.15) is 6.04 Å². The molecular weight excluding hydrogens is 428 g/mol. The van der Waals surface area contributed by atoms with Gasteiger partial charge < -0.3 is 26.6 Å². The number of aliphatic carboxylic acids is 1. The number of thiol groups is 1. The predicted molar refractivity (Wildman–Crippen MR) is 131 cm³/mol. The van der Waals surface area contributed by atoms with E-state index >= 15 is 0 Å². The molecule has 6 N–H and O–H groups in total. The van der Waals surface area contributed by atoms with Gasteiger partial charge in [0.05, 0.1) is 6.04 Å². The number of amides is 1. The van der Waals surface area contributed by atoms with Crippen molar-refractivity contribution in [3.05, 3.63) is 35.9 Å². The molecule has 0 aliphatic rings. The number of carboxylic acid groups (broad SMARTS) is 1. The maximum absolute atomic E-state index is 13.2. The van der Waals surface area contributed by atoms with Crippen molar-refractivity contribution < 1.29 is 19.8 Å². The molecule has 0 saturated carbocycles. The topological polar surface area (TPSA) is 128 Å². The molecule has 0 spiro atoms. The lowest BCUT2D eigenvalue weighted by molar-refractivity contribution is -0.143. The average molecular weight is 469 g/mol. The van der Waals surface area contributed by atoms with Crippen molar-refractivity contribution in [2.75, 3.05) is 32.5 Å². The Morgan fingerprint density at radius 3 is 2.44 bits per heavy atom. The maximum Gasteiger partial charge on any atom is 0.326 e. The first kappa shape index (κ1) is 28.4. The number of nitrogens with one attached hydrogen (secondary N) is 2. The summed E-state index contributed by atoms with van der Waals surface area (Å²) < 4.78 is 0. The molecule has 182 valence electrons. The second-order valence-electron chi connectivity index (χ2n) is 8.40. The van der Waals surface area contributed by atoms with E-state index in [1.165, 1.54) is 0 Å². The van der Waals surface area contributed by atoms with E-state index in [2.05, 4.69) is 37.1 Å². The van der Waals surface area contributed by atoms with Crippen LogP contribution >= 0.6 is 12.6 Å². The zero-order valence-corrected chi connectivity index (χ0v) is 20.3. The van der Waals surface area contributed by atoms with Gasteiger partial charge in [0.2, 0.25) is 5.91 Å². The minimum atomic E-state index is -1.16. The molecule has 0 unspecified atom stereocenters. The maximum atomic E-state index is 13.2. The summed E-state index contributed by atoms with van der Waals surface area (Å²) in [7, 11) is 1.88. The minimum absolute atomic E-state index is 0.0402. The van der Waals surface area contributed by atoms with Crippen LogP contribution in [0.5, 0.6) is 0 Å². The van der Waals surface area contributed by atoms with Gasteiger partial charge in [0.15, 0.2) is 0 Å². The number of aliphatic hydroxyl groups is 1. The fourth-order valence-corrected chi connectivity index (χ4v) is 3.60. The van der Waals surface area contributed by atoms with E-state index in [1.807, 2.05) is 42.3 Å². The third-order valence-electron chi connectivity index (χ3n) is 5.83. The number of carboxylic acids is 1. The van der Waals surface area contributed by atoms with Crippen LogP contribution in [-0.2, 0) is 16.0 Å². The normalized spacial score (nSPS) is 16.2. The molecule has 0 bridgehead atoms. The molecule has 5 atom stereocenters. The molecular formula is C23H40N4O4S. The van der Waals surface area contributed by atoms with Crippen molar-refractivity contribution in [3.8, 4) is 0 Å². The van der Waals surface area contributed by atoms with E-state index in [0.717, 1.165) is 12.0 Å². The van der Waals surface area contributed by atoms with Crippen LogP contribution in [0.1, 0.15) is 32.3 Å². The number of rotatable bonds is 16. The molecule has 0 aromatic heterocycles. The zero-order chi connectivity index (χ0) is 24.1. The average Bonchev–Trinajstić information content (AvgIpc) is 2.79. The fourth-order valence-electron chi connectivity index (χ4n) is 3.48. The Morgan fingerprint density at radius 2 is 1.91 bits per heavy atom. The lowest BCUT2D eigenvalue weighted by atomic mass is 9.96. The Hall–Kier alpha value is -1.65. The Kier molecular flexibility index (Phi) is 13.5. The summed E-state index contributed by atoms with van der Waals surface area (Å²) in [5.74, 6) is -0.594. The minimum Gasteiger partial charge on any atom is -0.480 e. The predicted octanol–water partition coefficient (Wildman–Crippen LogP) is 0.743. The molecule has 0 aliphatic heterocycles. The number of nitrogens with two attached hydrogens (primary N) is 1. The Balaban J connectivity index is 3.04. The summed E-state index contributed by atoms with van der Waals surface area (Å²) in [6.07, 6.45) is 1.37. The number of benzene rings is 1. The van der Waals surface area contributed by atoms with Crippen LogP contribution in [0.25, 0.3) is 0 Å². The SMILES string of the molecule is CC[C@@H](C)[C@@H](CN(C)[C@@H](Cc1ccccc1)C(=O)N[C@@H](CCO)C(=O)O)NC[C@@H](N)CS. The Morgan fingerprint density at radius 1 is 1.25 bits per heavy atom. The monoisotopic (exact) mass is 468 g/mol.